The van der Waals surface area contributed by atoms with Crippen LogP contribution in [0.2, 0.25) is 0 Å². The number of halogens is 1. The van der Waals surface area contributed by atoms with Gasteiger partial charge in [0.15, 0.2) is 0 Å². The Kier molecular flexibility index (Phi) is 4.96. The Morgan fingerprint density at radius 3 is 2.67 bits per heavy atom. The average molecular weight is 349 g/mol. The molecule has 110 valence electrons. The number of hydrogen-bond donors (Lipinski definition) is 1. The van der Waals surface area contributed by atoms with Crippen molar-refractivity contribution in [3.8, 4) is 5.75 Å². The Hall–Kier alpha value is -1.88. The number of nitrogens with one attached hydrogen (secondary N) is 1. The fourth-order valence-corrected chi connectivity index (χ4v) is 2.22. The molecule has 2 aromatic rings. The molecule has 5 heteroatoms. The Morgan fingerprint density at radius 2 is 2.05 bits per heavy atom. The zero-order chi connectivity index (χ0) is 15.4. The molecule has 1 heterocycles. The lowest BCUT2D eigenvalue weighted by atomic mass is 10.1. The number of carbonyl (C=O) groups is 1. The van der Waals surface area contributed by atoms with E-state index in [1.165, 1.54) is 0 Å². The molecule has 0 spiro atoms. The molecule has 1 aromatic carbocycles. The van der Waals surface area contributed by atoms with Gasteiger partial charge in [-0.05, 0) is 72.6 Å². The zero-order valence-electron chi connectivity index (χ0n) is 12.2. The molecule has 0 atom stereocenters. The monoisotopic (exact) mass is 348 g/mol. The highest BCUT2D eigenvalue weighted by atomic mass is 79.9. The Bertz CT molecular complexity index is 656. The Labute approximate surface area is 132 Å². The molecular weight excluding hydrogens is 332 g/mol. The molecule has 2 rings (SSSR count). The molecule has 0 saturated heterocycles. The predicted molar refractivity (Wildman–Crippen MR) is 86.8 cm³/mol. The van der Waals surface area contributed by atoms with Crippen molar-refractivity contribution in [3.63, 3.8) is 0 Å². The summed E-state index contributed by atoms with van der Waals surface area (Å²) in [6, 6.07) is 8.97. The summed E-state index contributed by atoms with van der Waals surface area (Å²) in [5.41, 5.74) is 2.28. The van der Waals surface area contributed by atoms with Crippen LogP contribution in [-0.2, 0) is 0 Å². The molecule has 0 aliphatic carbocycles. The van der Waals surface area contributed by atoms with Crippen LogP contribution < -0.4 is 10.1 Å². The Morgan fingerprint density at radius 1 is 1.29 bits per heavy atom. The molecule has 21 heavy (non-hydrogen) atoms. The molecule has 0 radical (unpaired) electrons. The van der Waals surface area contributed by atoms with Gasteiger partial charge in [-0.2, -0.15) is 0 Å². The largest absolute Gasteiger partial charge is 0.491 e. The average Bonchev–Trinajstić information content (AvgIpc) is 2.41. The SMILES string of the molecule is Cc1cc(OC(C)C)ccc1NC(=O)c1ccnc(Br)c1. The van der Waals surface area contributed by atoms with Gasteiger partial charge in [0.05, 0.1) is 6.10 Å². The summed E-state index contributed by atoms with van der Waals surface area (Å²) in [5.74, 6) is 0.630. The van der Waals surface area contributed by atoms with E-state index in [4.69, 9.17) is 4.74 Å². The Balaban J connectivity index is 2.14. The van der Waals surface area contributed by atoms with Crippen molar-refractivity contribution in [3.05, 3.63) is 52.3 Å². The van der Waals surface area contributed by atoms with Crippen molar-refractivity contribution in [1.82, 2.24) is 4.98 Å². The van der Waals surface area contributed by atoms with Gasteiger partial charge in [-0.15, -0.1) is 0 Å². The number of amides is 1. The van der Waals surface area contributed by atoms with Crippen LogP contribution >= 0.6 is 15.9 Å². The van der Waals surface area contributed by atoms with Crippen LogP contribution in [0.4, 0.5) is 5.69 Å². The molecule has 4 nitrogen and oxygen atoms in total. The van der Waals surface area contributed by atoms with Crippen LogP contribution in [0, 0.1) is 6.92 Å². The molecule has 1 amide bonds. The third-order valence-corrected chi connectivity index (χ3v) is 3.24. The first kappa shape index (κ1) is 15.5. The molecule has 1 N–H and O–H groups in total. The van der Waals surface area contributed by atoms with Gasteiger partial charge in [-0.25, -0.2) is 4.98 Å². The van der Waals surface area contributed by atoms with Gasteiger partial charge >= 0.3 is 0 Å². The summed E-state index contributed by atoms with van der Waals surface area (Å²) in [6.45, 7) is 5.89. The zero-order valence-corrected chi connectivity index (χ0v) is 13.8. The number of benzene rings is 1. The van der Waals surface area contributed by atoms with Crippen LogP contribution in [0.3, 0.4) is 0 Å². The van der Waals surface area contributed by atoms with E-state index in [1.54, 1.807) is 18.3 Å². The number of ether oxygens (including phenoxy) is 1. The number of aromatic nitrogens is 1. The standard InChI is InChI=1S/C16H17BrN2O2/c1-10(2)21-13-4-5-14(11(3)8-13)19-16(20)12-6-7-18-15(17)9-12/h4-10H,1-3H3,(H,19,20). The minimum Gasteiger partial charge on any atom is -0.491 e. The van der Waals surface area contributed by atoms with E-state index in [0.29, 0.717) is 10.2 Å². The second-order valence-corrected chi connectivity index (χ2v) is 5.78. The third kappa shape index (κ3) is 4.29. The fraction of sp³-hybridized carbons (Fsp3) is 0.250. The lowest BCUT2D eigenvalue weighted by molar-refractivity contribution is 0.102. The molecule has 0 saturated carbocycles. The van der Waals surface area contributed by atoms with Gasteiger partial charge in [0.25, 0.3) is 5.91 Å². The highest BCUT2D eigenvalue weighted by molar-refractivity contribution is 9.10. The fourth-order valence-electron chi connectivity index (χ4n) is 1.86. The number of hydrogen-bond acceptors (Lipinski definition) is 3. The first-order valence-electron chi connectivity index (χ1n) is 6.66. The van der Waals surface area contributed by atoms with Crippen molar-refractivity contribution in [2.45, 2.75) is 26.9 Å². The van der Waals surface area contributed by atoms with Crippen LogP contribution in [0.1, 0.15) is 29.8 Å². The van der Waals surface area contributed by atoms with Crippen LogP contribution in [0.15, 0.2) is 41.1 Å². The molecule has 0 aliphatic heterocycles. The quantitative estimate of drug-likeness (QED) is 0.842. The van der Waals surface area contributed by atoms with E-state index in [2.05, 4.69) is 26.2 Å². The number of rotatable bonds is 4. The lowest BCUT2D eigenvalue weighted by Crippen LogP contribution is -2.13. The van der Waals surface area contributed by atoms with E-state index in [1.807, 2.05) is 39.0 Å². The summed E-state index contributed by atoms with van der Waals surface area (Å²) < 4.78 is 6.26. The highest BCUT2D eigenvalue weighted by Crippen LogP contribution is 2.23. The maximum atomic E-state index is 12.2. The van der Waals surface area contributed by atoms with E-state index in [-0.39, 0.29) is 12.0 Å². The van der Waals surface area contributed by atoms with E-state index in [0.717, 1.165) is 17.0 Å². The number of aryl methyl sites for hydroxylation is 1. The normalized spacial score (nSPS) is 10.5. The van der Waals surface area contributed by atoms with E-state index < -0.39 is 0 Å². The molecule has 0 aliphatic rings. The van der Waals surface area contributed by atoms with Crippen molar-refractivity contribution in [2.75, 3.05) is 5.32 Å². The third-order valence-electron chi connectivity index (χ3n) is 2.81. The number of nitrogens with zero attached hydrogens (tertiary/aromatic N) is 1. The molecule has 0 bridgehead atoms. The van der Waals surface area contributed by atoms with Gasteiger partial charge in [0.1, 0.15) is 10.4 Å². The molecule has 1 aromatic heterocycles. The van der Waals surface area contributed by atoms with Crippen molar-refractivity contribution in [2.24, 2.45) is 0 Å². The predicted octanol–water partition coefficient (Wildman–Crippen LogP) is 4.19. The smallest absolute Gasteiger partial charge is 0.255 e. The topological polar surface area (TPSA) is 51.2 Å². The summed E-state index contributed by atoms with van der Waals surface area (Å²) in [5, 5.41) is 2.89. The van der Waals surface area contributed by atoms with Crippen LogP contribution in [0.25, 0.3) is 0 Å². The highest BCUT2D eigenvalue weighted by Gasteiger charge is 2.09. The van der Waals surface area contributed by atoms with Crippen molar-refractivity contribution in [1.29, 1.82) is 0 Å². The summed E-state index contributed by atoms with van der Waals surface area (Å²) in [4.78, 5) is 16.2. The van der Waals surface area contributed by atoms with Crippen LogP contribution in [-0.4, -0.2) is 17.0 Å². The minimum atomic E-state index is -0.168. The van der Waals surface area contributed by atoms with Gasteiger partial charge in [0, 0.05) is 17.4 Å². The van der Waals surface area contributed by atoms with E-state index in [9.17, 15) is 4.79 Å². The molecule has 0 fully saturated rings. The van der Waals surface area contributed by atoms with Crippen LogP contribution in [0.5, 0.6) is 5.75 Å². The maximum absolute atomic E-state index is 12.2. The number of pyridine rings is 1. The number of carbonyl (C=O) groups excluding carboxylic acids is 1. The first-order chi connectivity index (χ1) is 9.95. The van der Waals surface area contributed by atoms with Gasteiger partial charge in [0.2, 0.25) is 0 Å². The van der Waals surface area contributed by atoms with Gasteiger partial charge < -0.3 is 10.1 Å². The molecule has 0 unspecified atom stereocenters. The maximum Gasteiger partial charge on any atom is 0.255 e. The first-order valence-corrected chi connectivity index (χ1v) is 7.45. The molecular formula is C16H17BrN2O2. The lowest BCUT2D eigenvalue weighted by Gasteiger charge is -2.13. The van der Waals surface area contributed by atoms with Gasteiger partial charge in [-0.1, -0.05) is 0 Å². The summed E-state index contributed by atoms with van der Waals surface area (Å²) in [6.07, 6.45) is 1.71. The second kappa shape index (κ2) is 6.72. The van der Waals surface area contributed by atoms with E-state index >= 15 is 0 Å². The summed E-state index contributed by atoms with van der Waals surface area (Å²) >= 11 is 3.26. The minimum absolute atomic E-state index is 0.124. The second-order valence-electron chi connectivity index (χ2n) is 4.96. The number of anilines is 1. The van der Waals surface area contributed by atoms with Gasteiger partial charge in [-0.3, -0.25) is 4.79 Å². The van der Waals surface area contributed by atoms with Crippen molar-refractivity contribution >= 4 is 27.5 Å². The van der Waals surface area contributed by atoms with Crippen molar-refractivity contribution < 1.29 is 9.53 Å². The summed E-state index contributed by atoms with van der Waals surface area (Å²) in [7, 11) is 0.